The lowest BCUT2D eigenvalue weighted by Gasteiger charge is -2.18. The first-order valence-electron chi connectivity index (χ1n) is 4.35. The molecule has 1 aromatic carbocycles. The van der Waals surface area contributed by atoms with Gasteiger partial charge in [0.05, 0.1) is 6.10 Å². The normalized spacial score (nSPS) is 15.1. The number of benzene rings is 1. The molecule has 2 unspecified atom stereocenters. The van der Waals surface area contributed by atoms with E-state index in [1.54, 1.807) is 18.2 Å². The number of rotatable bonds is 3. The van der Waals surface area contributed by atoms with E-state index in [0.29, 0.717) is 16.6 Å². The van der Waals surface area contributed by atoms with Crippen molar-refractivity contribution in [2.24, 2.45) is 0 Å². The van der Waals surface area contributed by atoms with E-state index >= 15 is 0 Å². The summed E-state index contributed by atoms with van der Waals surface area (Å²) in [5.74, 6) is 0. The second kappa shape index (κ2) is 4.77. The van der Waals surface area contributed by atoms with Crippen molar-refractivity contribution in [3.8, 4) is 0 Å². The van der Waals surface area contributed by atoms with Gasteiger partial charge in [0.25, 0.3) is 0 Å². The van der Waals surface area contributed by atoms with Gasteiger partial charge in [-0.2, -0.15) is 0 Å². The average Bonchev–Trinajstić information content (AvgIpc) is 2.20. The van der Waals surface area contributed by atoms with Crippen molar-refractivity contribution in [1.82, 2.24) is 0 Å². The molecule has 0 aliphatic rings. The molecular weight excluding hydrogens is 246 g/mol. The summed E-state index contributed by atoms with van der Waals surface area (Å²) in [6.45, 7) is 1.83. The van der Waals surface area contributed by atoms with E-state index in [4.69, 9.17) is 5.73 Å². The predicted octanol–water partition coefficient (Wildman–Crippen LogP) is 1.37. The van der Waals surface area contributed by atoms with Crippen LogP contribution in [0.4, 0.5) is 5.69 Å². The molecule has 0 fully saturated rings. The minimum absolute atomic E-state index is 0.336. The number of anilines is 1. The van der Waals surface area contributed by atoms with Crippen LogP contribution in [-0.4, -0.2) is 21.6 Å². The van der Waals surface area contributed by atoms with Crippen LogP contribution in [0.5, 0.6) is 0 Å². The van der Waals surface area contributed by atoms with E-state index in [1.165, 1.54) is 0 Å². The summed E-state index contributed by atoms with van der Waals surface area (Å²) < 4.78 is 0. The van der Waals surface area contributed by atoms with Gasteiger partial charge in [-0.3, -0.25) is 0 Å². The molecule has 2 atom stereocenters. The largest absolute Gasteiger partial charge is 0.399 e. The molecule has 4 heteroatoms. The molecule has 0 aliphatic carbocycles. The Bertz CT molecular complexity index is 317. The highest BCUT2D eigenvalue weighted by Crippen LogP contribution is 2.25. The molecular formula is C10H14BrNO2. The summed E-state index contributed by atoms with van der Waals surface area (Å²) in [7, 11) is 0. The Morgan fingerprint density at radius 1 is 1.43 bits per heavy atom. The maximum absolute atomic E-state index is 9.76. The van der Waals surface area contributed by atoms with Crippen molar-refractivity contribution in [2.75, 3.05) is 11.1 Å². The van der Waals surface area contributed by atoms with Crippen LogP contribution in [0.3, 0.4) is 0 Å². The lowest BCUT2D eigenvalue weighted by Crippen LogP contribution is -2.20. The average molecular weight is 260 g/mol. The number of alkyl halides is 1. The molecule has 3 nitrogen and oxygen atoms in total. The minimum Gasteiger partial charge on any atom is -0.399 e. The fourth-order valence-electron chi connectivity index (χ4n) is 1.28. The molecule has 0 spiro atoms. The Hall–Kier alpha value is -0.580. The summed E-state index contributed by atoms with van der Waals surface area (Å²) in [6.07, 6.45) is -1.70. The summed E-state index contributed by atoms with van der Waals surface area (Å²) in [5.41, 5.74) is 7.82. The van der Waals surface area contributed by atoms with Crippen LogP contribution in [0.1, 0.15) is 17.2 Å². The number of aliphatic hydroxyl groups excluding tert-OH is 2. The Balaban J connectivity index is 3.01. The van der Waals surface area contributed by atoms with E-state index in [0.717, 1.165) is 5.56 Å². The van der Waals surface area contributed by atoms with Crippen molar-refractivity contribution in [2.45, 2.75) is 19.1 Å². The summed E-state index contributed by atoms with van der Waals surface area (Å²) >= 11 is 3.11. The molecule has 78 valence electrons. The zero-order chi connectivity index (χ0) is 10.7. The van der Waals surface area contributed by atoms with E-state index < -0.39 is 12.2 Å². The molecule has 1 aromatic rings. The summed E-state index contributed by atoms with van der Waals surface area (Å²) in [5, 5.41) is 19.6. The van der Waals surface area contributed by atoms with Gasteiger partial charge in [-0.25, -0.2) is 0 Å². The fraction of sp³-hybridized carbons (Fsp3) is 0.400. The quantitative estimate of drug-likeness (QED) is 0.568. The van der Waals surface area contributed by atoms with Crippen LogP contribution < -0.4 is 5.73 Å². The first kappa shape index (κ1) is 11.5. The predicted molar refractivity (Wildman–Crippen MR) is 60.4 cm³/mol. The molecule has 0 heterocycles. The van der Waals surface area contributed by atoms with Crippen molar-refractivity contribution in [1.29, 1.82) is 0 Å². The Labute approximate surface area is 91.7 Å². The monoisotopic (exact) mass is 259 g/mol. The number of hydrogen-bond acceptors (Lipinski definition) is 3. The molecule has 0 amide bonds. The van der Waals surface area contributed by atoms with Gasteiger partial charge in [0.2, 0.25) is 0 Å². The smallest absolute Gasteiger partial charge is 0.106 e. The second-order valence-corrected chi connectivity index (χ2v) is 3.88. The highest BCUT2D eigenvalue weighted by atomic mass is 79.9. The summed E-state index contributed by atoms with van der Waals surface area (Å²) in [6, 6.07) is 5.30. The molecule has 0 aromatic heterocycles. The fourth-order valence-corrected chi connectivity index (χ4v) is 1.64. The maximum Gasteiger partial charge on any atom is 0.106 e. The third kappa shape index (κ3) is 2.26. The minimum atomic E-state index is -0.891. The van der Waals surface area contributed by atoms with Crippen LogP contribution in [0, 0.1) is 6.92 Å². The van der Waals surface area contributed by atoms with Crippen LogP contribution in [0.25, 0.3) is 0 Å². The highest BCUT2D eigenvalue weighted by Gasteiger charge is 2.19. The molecule has 14 heavy (non-hydrogen) atoms. The Morgan fingerprint density at radius 3 is 2.64 bits per heavy atom. The molecule has 1 rings (SSSR count). The molecule has 0 radical (unpaired) electrons. The van der Waals surface area contributed by atoms with E-state index in [1.807, 2.05) is 6.92 Å². The molecule has 4 N–H and O–H groups in total. The van der Waals surface area contributed by atoms with Gasteiger partial charge in [-0.05, 0) is 24.1 Å². The van der Waals surface area contributed by atoms with Gasteiger partial charge in [0, 0.05) is 11.0 Å². The Kier molecular flexibility index (Phi) is 3.92. The standard InChI is InChI=1S/C10H14BrNO2/c1-6-7(3-2-4-8(6)12)10(14)9(13)5-11/h2-4,9-10,13-14H,5,12H2,1H3. The van der Waals surface area contributed by atoms with E-state index in [2.05, 4.69) is 15.9 Å². The van der Waals surface area contributed by atoms with Crippen molar-refractivity contribution in [3.05, 3.63) is 29.3 Å². The van der Waals surface area contributed by atoms with E-state index in [9.17, 15) is 10.2 Å². The number of aliphatic hydroxyl groups is 2. The van der Waals surface area contributed by atoms with Gasteiger partial charge in [0.15, 0.2) is 0 Å². The maximum atomic E-state index is 9.76. The van der Waals surface area contributed by atoms with Gasteiger partial charge < -0.3 is 15.9 Å². The zero-order valence-electron chi connectivity index (χ0n) is 7.94. The number of nitrogens with two attached hydrogens (primary N) is 1. The third-order valence-corrected chi connectivity index (χ3v) is 2.92. The third-order valence-electron chi connectivity index (χ3n) is 2.26. The van der Waals surface area contributed by atoms with E-state index in [-0.39, 0.29) is 0 Å². The summed E-state index contributed by atoms with van der Waals surface area (Å²) in [4.78, 5) is 0. The highest BCUT2D eigenvalue weighted by molar-refractivity contribution is 9.09. The van der Waals surface area contributed by atoms with Crippen LogP contribution >= 0.6 is 15.9 Å². The molecule has 0 saturated carbocycles. The van der Waals surface area contributed by atoms with Crippen molar-refractivity contribution < 1.29 is 10.2 Å². The second-order valence-electron chi connectivity index (χ2n) is 3.23. The van der Waals surface area contributed by atoms with Gasteiger partial charge in [0.1, 0.15) is 6.10 Å². The van der Waals surface area contributed by atoms with Gasteiger partial charge in [-0.1, -0.05) is 28.1 Å². The lowest BCUT2D eigenvalue weighted by atomic mass is 9.99. The lowest BCUT2D eigenvalue weighted by molar-refractivity contribution is 0.0339. The zero-order valence-corrected chi connectivity index (χ0v) is 9.53. The topological polar surface area (TPSA) is 66.5 Å². The number of nitrogen functional groups attached to an aromatic ring is 1. The first-order chi connectivity index (χ1) is 6.57. The first-order valence-corrected chi connectivity index (χ1v) is 5.47. The molecule has 0 saturated heterocycles. The van der Waals surface area contributed by atoms with Crippen LogP contribution in [-0.2, 0) is 0 Å². The van der Waals surface area contributed by atoms with Crippen LogP contribution in [0.15, 0.2) is 18.2 Å². The number of halogens is 1. The van der Waals surface area contributed by atoms with Crippen molar-refractivity contribution in [3.63, 3.8) is 0 Å². The number of hydrogen-bond donors (Lipinski definition) is 3. The Morgan fingerprint density at radius 2 is 2.07 bits per heavy atom. The molecule has 0 aliphatic heterocycles. The van der Waals surface area contributed by atoms with Crippen molar-refractivity contribution >= 4 is 21.6 Å². The van der Waals surface area contributed by atoms with Gasteiger partial charge >= 0.3 is 0 Å². The SMILES string of the molecule is Cc1c(N)cccc1C(O)C(O)CBr. The van der Waals surface area contributed by atoms with Crippen LogP contribution in [0.2, 0.25) is 0 Å². The molecule has 0 bridgehead atoms. The van der Waals surface area contributed by atoms with Gasteiger partial charge in [-0.15, -0.1) is 0 Å².